The molecule has 0 unspecified atom stereocenters. The molecule has 0 aliphatic rings. The minimum Gasteiger partial charge on any atom is -0.439 e. The number of aromatic nitrogens is 4. The fourth-order valence-corrected chi connectivity index (χ4v) is 1.80. The second-order valence-corrected chi connectivity index (χ2v) is 4.06. The fraction of sp³-hybridized carbons (Fsp3) is 0.273. The van der Waals surface area contributed by atoms with E-state index in [-0.39, 0.29) is 6.54 Å². The van der Waals surface area contributed by atoms with Crippen LogP contribution >= 0.6 is 11.6 Å². The van der Waals surface area contributed by atoms with Crippen molar-refractivity contribution in [2.24, 2.45) is 0 Å². The zero-order chi connectivity index (χ0) is 13.7. The van der Waals surface area contributed by atoms with Gasteiger partial charge in [0.2, 0.25) is 0 Å². The maximum absolute atomic E-state index is 11.4. The summed E-state index contributed by atoms with van der Waals surface area (Å²) in [6.07, 6.45) is 0.164. The van der Waals surface area contributed by atoms with Gasteiger partial charge in [0.05, 0.1) is 0 Å². The Morgan fingerprint density at radius 2 is 2.32 bits per heavy atom. The van der Waals surface area contributed by atoms with E-state index in [9.17, 15) is 4.79 Å². The average Bonchev–Trinajstić information content (AvgIpc) is 2.91. The summed E-state index contributed by atoms with van der Waals surface area (Å²) in [5.41, 5.74) is 0.685. The van der Waals surface area contributed by atoms with Crippen LogP contribution in [0.5, 0.6) is 0 Å². The Morgan fingerprint density at radius 3 is 2.95 bits per heavy atom. The molecule has 1 N–H and O–H groups in total. The highest BCUT2D eigenvalue weighted by molar-refractivity contribution is 6.31. The van der Waals surface area contributed by atoms with Gasteiger partial charge in [0.15, 0.2) is 12.4 Å². The Bertz CT molecular complexity index is 546. The maximum Gasteiger partial charge on any atom is 0.407 e. The third-order valence-corrected chi connectivity index (χ3v) is 2.77. The third kappa shape index (κ3) is 3.41. The van der Waals surface area contributed by atoms with Gasteiger partial charge < -0.3 is 10.1 Å². The minimum absolute atomic E-state index is 0.233. The molecule has 2 rings (SSSR count). The lowest BCUT2D eigenvalue weighted by Crippen LogP contribution is -2.25. The summed E-state index contributed by atoms with van der Waals surface area (Å²) in [6, 6.07) is 7.13. The van der Waals surface area contributed by atoms with E-state index in [0.717, 1.165) is 0 Å². The van der Waals surface area contributed by atoms with E-state index in [1.54, 1.807) is 18.2 Å². The summed E-state index contributed by atoms with van der Waals surface area (Å²) in [5.74, 6) is 0. The molecule has 0 spiro atoms. The minimum atomic E-state index is -0.595. The number of halogens is 1. The molecule has 0 bridgehead atoms. The standard InChI is InChI=1S/C11H12ClN5O2/c1-13-11(18)19-10(6-17-15-7-14-16-17)8-4-2-3-5-9(8)12/h2-5,7,10H,6H2,1H3,(H,13,18)/t10-/m1/s1. The van der Waals surface area contributed by atoms with Crippen molar-refractivity contribution in [1.82, 2.24) is 25.5 Å². The zero-order valence-electron chi connectivity index (χ0n) is 10.2. The lowest BCUT2D eigenvalue weighted by molar-refractivity contribution is 0.0837. The molecule has 19 heavy (non-hydrogen) atoms. The van der Waals surface area contributed by atoms with Gasteiger partial charge in [0.25, 0.3) is 0 Å². The van der Waals surface area contributed by atoms with Crippen molar-refractivity contribution < 1.29 is 9.53 Å². The normalized spacial score (nSPS) is 11.9. The van der Waals surface area contributed by atoms with Crippen molar-refractivity contribution in [1.29, 1.82) is 0 Å². The van der Waals surface area contributed by atoms with Crippen LogP contribution in [0.4, 0.5) is 4.79 Å². The van der Waals surface area contributed by atoms with Gasteiger partial charge in [-0.05, 0) is 11.3 Å². The van der Waals surface area contributed by atoms with Gasteiger partial charge in [-0.1, -0.05) is 29.8 Å². The molecule has 0 aliphatic carbocycles. The first-order valence-corrected chi connectivity index (χ1v) is 5.92. The van der Waals surface area contributed by atoms with Crippen LogP contribution in [-0.4, -0.2) is 33.3 Å². The zero-order valence-corrected chi connectivity index (χ0v) is 10.9. The van der Waals surface area contributed by atoms with Gasteiger partial charge in [0.1, 0.15) is 6.54 Å². The van der Waals surface area contributed by atoms with E-state index < -0.39 is 12.2 Å². The van der Waals surface area contributed by atoms with Gasteiger partial charge >= 0.3 is 6.09 Å². The molecule has 100 valence electrons. The van der Waals surface area contributed by atoms with Crippen LogP contribution in [0.1, 0.15) is 11.7 Å². The molecule has 1 aromatic carbocycles. The van der Waals surface area contributed by atoms with Crippen LogP contribution in [-0.2, 0) is 11.3 Å². The SMILES string of the molecule is CNC(=O)O[C@H](Cn1ncnn1)c1ccccc1Cl. The van der Waals surface area contributed by atoms with Crippen LogP contribution in [0, 0.1) is 0 Å². The van der Waals surface area contributed by atoms with Crippen LogP contribution in [0.25, 0.3) is 0 Å². The number of nitrogens with one attached hydrogen (secondary N) is 1. The predicted octanol–water partition coefficient (Wildman–Crippen LogP) is 1.42. The summed E-state index contributed by atoms with van der Waals surface area (Å²) in [5, 5.41) is 14.1. The average molecular weight is 282 g/mol. The van der Waals surface area contributed by atoms with Crippen molar-refractivity contribution >= 4 is 17.7 Å². The molecule has 2 aromatic rings. The largest absolute Gasteiger partial charge is 0.439 e. The van der Waals surface area contributed by atoms with Gasteiger partial charge in [0, 0.05) is 17.6 Å². The maximum atomic E-state index is 11.4. The number of benzene rings is 1. The highest BCUT2D eigenvalue weighted by Crippen LogP contribution is 2.26. The summed E-state index contributed by atoms with van der Waals surface area (Å²) < 4.78 is 5.28. The number of amides is 1. The van der Waals surface area contributed by atoms with E-state index in [2.05, 4.69) is 20.7 Å². The molecular weight excluding hydrogens is 270 g/mol. The van der Waals surface area contributed by atoms with Crippen LogP contribution in [0.15, 0.2) is 30.6 Å². The van der Waals surface area contributed by atoms with Crippen LogP contribution in [0.3, 0.4) is 0 Å². The number of ether oxygens (including phenoxy) is 1. The molecule has 1 amide bonds. The monoisotopic (exact) mass is 281 g/mol. The molecule has 0 radical (unpaired) electrons. The Balaban J connectivity index is 2.23. The highest BCUT2D eigenvalue weighted by atomic mass is 35.5. The van der Waals surface area contributed by atoms with E-state index in [0.29, 0.717) is 10.6 Å². The molecule has 1 heterocycles. The van der Waals surface area contributed by atoms with Crippen molar-refractivity contribution in [3.05, 3.63) is 41.2 Å². The van der Waals surface area contributed by atoms with Crippen molar-refractivity contribution in [3.8, 4) is 0 Å². The number of hydrogen-bond donors (Lipinski definition) is 1. The number of nitrogens with zero attached hydrogens (tertiary/aromatic N) is 4. The first-order valence-electron chi connectivity index (χ1n) is 5.54. The van der Waals surface area contributed by atoms with Gasteiger partial charge in [-0.25, -0.2) is 4.79 Å². The van der Waals surface area contributed by atoms with Gasteiger partial charge in [-0.3, -0.25) is 0 Å². The third-order valence-electron chi connectivity index (χ3n) is 2.43. The van der Waals surface area contributed by atoms with E-state index in [1.807, 2.05) is 6.07 Å². The first-order chi connectivity index (χ1) is 9.20. The Kier molecular flexibility index (Phi) is 4.30. The molecule has 0 saturated carbocycles. The number of tetrazole rings is 1. The van der Waals surface area contributed by atoms with Crippen LogP contribution < -0.4 is 5.32 Å². The molecule has 0 fully saturated rings. The van der Waals surface area contributed by atoms with Crippen LogP contribution in [0.2, 0.25) is 5.02 Å². The Hall–Kier alpha value is -2.15. The Morgan fingerprint density at radius 1 is 1.53 bits per heavy atom. The number of alkyl carbamates (subject to hydrolysis) is 1. The number of carbonyl (C=O) groups is 1. The molecule has 8 heteroatoms. The van der Waals surface area contributed by atoms with Gasteiger partial charge in [-0.2, -0.15) is 4.80 Å². The van der Waals surface area contributed by atoms with Gasteiger partial charge in [-0.15, -0.1) is 10.2 Å². The quantitative estimate of drug-likeness (QED) is 0.916. The Labute approximate surface area is 114 Å². The summed E-state index contributed by atoms with van der Waals surface area (Å²) >= 11 is 6.11. The molecule has 7 nitrogen and oxygen atoms in total. The van der Waals surface area contributed by atoms with Crippen molar-refractivity contribution in [2.45, 2.75) is 12.6 Å². The fourth-order valence-electron chi connectivity index (χ4n) is 1.54. The molecule has 0 aliphatic heterocycles. The van der Waals surface area contributed by atoms with Crippen molar-refractivity contribution in [3.63, 3.8) is 0 Å². The highest BCUT2D eigenvalue weighted by Gasteiger charge is 2.20. The topological polar surface area (TPSA) is 81.9 Å². The molecule has 0 saturated heterocycles. The smallest absolute Gasteiger partial charge is 0.407 e. The summed E-state index contributed by atoms with van der Waals surface area (Å²) in [4.78, 5) is 12.7. The molecule has 1 aromatic heterocycles. The lowest BCUT2D eigenvalue weighted by Gasteiger charge is -2.18. The molecular formula is C11H12ClN5O2. The van der Waals surface area contributed by atoms with E-state index in [1.165, 1.54) is 18.2 Å². The molecule has 1 atom stereocenters. The predicted molar refractivity (Wildman–Crippen MR) is 67.6 cm³/mol. The second kappa shape index (κ2) is 6.14. The van der Waals surface area contributed by atoms with E-state index in [4.69, 9.17) is 16.3 Å². The number of carbonyl (C=O) groups excluding carboxylic acids is 1. The number of rotatable bonds is 4. The van der Waals surface area contributed by atoms with Crippen molar-refractivity contribution in [2.75, 3.05) is 7.05 Å². The first kappa shape index (κ1) is 13.3. The lowest BCUT2D eigenvalue weighted by atomic mass is 10.1. The number of hydrogen-bond acceptors (Lipinski definition) is 5. The summed E-state index contributed by atoms with van der Waals surface area (Å²) in [7, 11) is 1.49. The summed E-state index contributed by atoms with van der Waals surface area (Å²) in [6.45, 7) is 0.233. The van der Waals surface area contributed by atoms with E-state index >= 15 is 0 Å². The second-order valence-electron chi connectivity index (χ2n) is 3.66.